The zero-order chi connectivity index (χ0) is 21.6. The minimum Gasteiger partial charge on any atom is -0.493 e. The Bertz CT molecular complexity index is 789. The summed E-state index contributed by atoms with van der Waals surface area (Å²) in [6.07, 6.45) is 7.39. The molecular weight excluding hydrogens is 378 g/mol. The van der Waals surface area contributed by atoms with Gasteiger partial charge in [-0.3, -0.25) is 0 Å². The molecule has 2 rings (SSSR count). The zero-order valence-electron chi connectivity index (χ0n) is 18.5. The lowest BCUT2D eigenvalue weighted by atomic mass is 10.1. The van der Waals surface area contributed by atoms with Crippen LogP contribution in [0.5, 0.6) is 11.5 Å². The van der Waals surface area contributed by atoms with Crippen LogP contribution < -0.4 is 9.47 Å². The quantitative estimate of drug-likeness (QED) is 0.195. The van der Waals surface area contributed by atoms with Crippen molar-refractivity contribution < 1.29 is 19.0 Å². The summed E-state index contributed by atoms with van der Waals surface area (Å²) in [7, 11) is 1.54. The lowest BCUT2D eigenvalue weighted by Gasteiger charge is -2.14. The molecule has 0 aliphatic carbocycles. The van der Waals surface area contributed by atoms with Crippen molar-refractivity contribution >= 4 is 6.21 Å². The maximum atomic E-state index is 5.99. The molecule has 0 atom stereocenters. The van der Waals surface area contributed by atoms with Gasteiger partial charge in [0.05, 0.1) is 19.4 Å². The van der Waals surface area contributed by atoms with Gasteiger partial charge in [0, 0.05) is 13.0 Å². The van der Waals surface area contributed by atoms with E-state index in [0.29, 0.717) is 26.4 Å². The lowest BCUT2D eigenvalue weighted by molar-refractivity contribution is 0.121. The highest BCUT2D eigenvalue weighted by Gasteiger charge is 2.07. The second kappa shape index (κ2) is 13.4. The Kier molecular flexibility index (Phi) is 10.5. The van der Waals surface area contributed by atoms with Crippen LogP contribution in [0, 0.1) is 13.8 Å². The molecule has 5 heteroatoms. The summed E-state index contributed by atoms with van der Waals surface area (Å²) in [4.78, 5) is 4.68. The van der Waals surface area contributed by atoms with Crippen molar-refractivity contribution in [2.45, 2.75) is 33.6 Å². The van der Waals surface area contributed by atoms with Crippen LogP contribution in [0.2, 0.25) is 0 Å². The molecule has 0 unspecified atom stereocenters. The number of oxime groups is 1. The van der Waals surface area contributed by atoms with Crippen molar-refractivity contribution in [1.82, 2.24) is 0 Å². The number of aryl methyl sites for hydroxylation is 2. The largest absolute Gasteiger partial charge is 0.493 e. The van der Waals surface area contributed by atoms with Gasteiger partial charge in [-0.1, -0.05) is 41.6 Å². The molecule has 2 aromatic rings. The van der Waals surface area contributed by atoms with Crippen LogP contribution in [0.1, 0.15) is 35.6 Å². The van der Waals surface area contributed by atoms with E-state index in [0.717, 1.165) is 41.0 Å². The lowest BCUT2D eigenvalue weighted by Crippen LogP contribution is -2.07. The van der Waals surface area contributed by atoms with Gasteiger partial charge < -0.3 is 19.0 Å². The van der Waals surface area contributed by atoms with Gasteiger partial charge in [0.25, 0.3) is 0 Å². The Morgan fingerprint density at radius 1 is 0.933 bits per heavy atom. The van der Waals surface area contributed by atoms with E-state index in [1.54, 1.807) is 6.21 Å². The fraction of sp³-hybridized carbons (Fsp3) is 0.400. The molecule has 0 spiro atoms. The average molecular weight is 412 g/mol. The number of rotatable bonds is 13. The first-order valence-electron chi connectivity index (χ1n) is 10.3. The molecule has 0 amide bonds. The summed E-state index contributed by atoms with van der Waals surface area (Å²) < 4.78 is 17.5. The van der Waals surface area contributed by atoms with E-state index in [-0.39, 0.29) is 0 Å². The van der Waals surface area contributed by atoms with E-state index in [1.165, 1.54) is 12.7 Å². The van der Waals surface area contributed by atoms with E-state index >= 15 is 0 Å². The molecule has 0 radical (unpaired) electrons. The minimum absolute atomic E-state index is 0.582. The SMILES string of the molecule is C/C=C/COc1cc(C)c(OCCCOCCc2ccc(C=NOC)cc2)c(C)c1. The van der Waals surface area contributed by atoms with E-state index in [2.05, 4.69) is 22.1 Å². The molecule has 0 saturated heterocycles. The van der Waals surface area contributed by atoms with Crippen molar-refractivity contribution in [3.63, 3.8) is 0 Å². The normalized spacial score (nSPS) is 11.3. The van der Waals surface area contributed by atoms with Gasteiger partial charge in [0.2, 0.25) is 0 Å². The van der Waals surface area contributed by atoms with Crippen molar-refractivity contribution in [2.24, 2.45) is 5.16 Å². The van der Waals surface area contributed by atoms with Gasteiger partial charge in [-0.15, -0.1) is 0 Å². The first kappa shape index (κ1) is 23.5. The summed E-state index contributed by atoms with van der Waals surface area (Å²) in [6, 6.07) is 12.3. The van der Waals surface area contributed by atoms with Crippen LogP contribution in [-0.2, 0) is 16.0 Å². The number of hydrogen-bond acceptors (Lipinski definition) is 5. The Hall–Kier alpha value is -2.79. The molecule has 30 heavy (non-hydrogen) atoms. The summed E-state index contributed by atoms with van der Waals surface area (Å²) in [5.74, 6) is 1.81. The topological polar surface area (TPSA) is 49.3 Å². The second-order valence-electron chi connectivity index (χ2n) is 6.99. The standard InChI is InChI=1S/C25H33NO4/c1-5-6-14-29-24-17-20(2)25(21(3)18-24)30-15-7-13-28-16-12-22-8-10-23(11-9-22)19-26-27-4/h5-6,8-11,17-19H,7,12-16H2,1-4H3/b6-5+,26-19?. The molecule has 0 N–H and O–H groups in total. The Balaban J connectivity index is 1.65. The molecule has 162 valence electrons. The molecule has 0 heterocycles. The van der Waals surface area contributed by atoms with Gasteiger partial charge in [0.1, 0.15) is 25.2 Å². The second-order valence-corrected chi connectivity index (χ2v) is 6.99. The van der Waals surface area contributed by atoms with Crippen molar-refractivity contribution in [1.29, 1.82) is 0 Å². The summed E-state index contributed by atoms with van der Waals surface area (Å²) in [6.45, 7) is 8.68. The maximum Gasteiger partial charge on any atom is 0.125 e. The van der Waals surface area contributed by atoms with Gasteiger partial charge >= 0.3 is 0 Å². The first-order valence-corrected chi connectivity index (χ1v) is 10.3. The highest BCUT2D eigenvalue weighted by molar-refractivity contribution is 5.79. The number of hydrogen-bond donors (Lipinski definition) is 0. The number of nitrogens with zero attached hydrogens (tertiary/aromatic N) is 1. The predicted octanol–water partition coefficient (Wildman–Crippen LogP) is 5.27. The zero-order valence-corrected chi connectivity index (χ0v) is 18.5. The van der Waals surface area contributed by atoms with Crippen LogP contribution in [0.15, 0.2) is 53.7 Å². The average Bonchev–Trinajstić information content (AvgIpc) is 2.74. The van der Waals surface area contributed by atoms with E-state index in [4.69, 9.17) is 14.2 Å². The third-order valence-corrected chi connectivity index (χ3v) is 4.52. The van der Waals surface area contributed by atoms with E-state index in [9.17, 15) is 0 Å². The van der Waals surface area contributed by atoms with E-state index in [1.807, 2.05) is 57.2 Å². The van der Waals surface area contributed by atoms with E-state index < -0.39 is 0 Å². The smallest absolute Gasteiger partial charge is 0.125 e. The summed E-state index contributed by atoms with van der Waals surface area (Å²) >= 11 is 0. The van der Waals surface area contributed by atoms with Crippen molar-refractivity contribution in [3.8, 4) is 11.5 Å². The Morgan fingerprint density at radius 3 is 2.33 bits per heavy atom. The molecule has 0 aromatic heterocycles. The number of allylic oxidation sites excluding steroid dienone is 1. The third-order valence-electron chi connectivity index (χ3n) is 4.52. The fourth-order valence-corrected chi connectivity index (χ4v) is 2.97. The molecule has 2 aromatic carbocycles. The van der Waals surface area contributed by atoms with Gasteiger partial charge in [-0.2, -0.15) is 0 Å². The Labute approximate surface area is 180 Å². The molecule has 5 nitrogen and oxygen atoms in total. The maximum absolute atomic E-state index is 5.99. The number of ether oxygens (including phenoxy) is 3. The molecule has 0 bridgehead atoms. The fourth-order valence-electron chi connectivity index (χ4n) is 2.97. The first-order chi connectivity index (χ1) is 14.6. The minimum atomic E-state index is 0.582. The molecule has 0 aliphatic heterocycles. The molecule has 0 fully saturated rings. The van der Waals surface area contributed by atoms with Crippen molar-refractivity contribution in [2.75, 3.05) is 33.5 Å². The summed E-state index contributed by atoms with van der Waals surface area (Å²) in [5, 5.41) is 3.76. The van der Waals surface area contributed by atoms with Crippen LogP contribution >= 0.6 is 0 Å². The van der Waals surface area contributed by atoms with Gasteiger partial charge in [0.15, 0.2) is 0 Å². The highest BCUT2D eigenvalue weighted by Crippen LogP contribution is 2.28. The molecule has 0 aliphatic rings. The van der Waals surface area contributed by atoms with Crippen LogP contribution in [0.25, 0.3) is 0 Å². The predicted molar refractivity (Wildman–Crippen MR) is 122 cm³/mol. The van der Waals surface area contributed by atoms with Crippen molar-refractivity contribution in [3.05, 3.63) is 70.8 Å². The monoisotopic (exact) mass is 411 g/mol. The number of benzene rings is 2. The van der Waals surface area contributed by atoms with Gasteiger partial charge in [-0.25, -0.2) is 0 Å². The van der Waals surface area contributed by atoms with Crippen LogP contribution in [0.3, 0.4) is 0 Å². The summed E-state index contributed by atoms with van der Waals surface area (Å²) in [5.41, 5.74) is 4.43. The molecular formula is C25H33NO4. The van der Waals surface area contributed by atoms with Crippen LogP contribution in [0.4, 0.5) is 0 Å². The highest BCUT2D eigenvalue weighted by atomic mass is 16.6. The third kappa shape index (κ3) is 8.29. The Morgan fingerprint density at radius 2 is 1.67 bits per heavy atom. The van der Waals surface area contributed by atoms with Gasteiger partial charge in [-0.05, 0) is 61.6 Å². The van der Waals surface area contributed by atoms with Crippen LogP contribution in [-0.4, -0.2) is 39.8 Å². The molecule has 0 saturated carbocycles.